The van der Waals surface area contributed by atoms with E-state index in [0.717, 1.165) is 77.0 Å². The van der Waals surface area contributed by atoms with Crippen LogP contribution in [0.1, 0.15) is 245 Å². The Morgan fingerprint density at radius 2 is 0.438 bits per heavy atom. The summed E-state index contributed by atoms with van der Waals surface area (Å²) in [5, 5.41) is 18.6. The molecule has 0 aromatic heterocycles. The van der Waals surface area contributed by atoms with Gasteiger partial charge in [0.15, 0.2) is 0 Å². The Kier molecular flexibility index (Phi) is 33.5. The topological polar surface area (TPSA) is 40.5 Å². The lowest BCUT2D eigenvalue weighted by atomic mass is 9.93. The predicted octanol–water partition coefficient (Wildman–Crippen LogP) is 15.5. The normalized spacial score (nSPS) is 13.8. The van der Waals surface area contributed by atoms with Crippen LogP contribution in [0, 0.1) is 11.8 Å². The van der Waals surface area contributed by atoms with Gasteiger partial charge < -0.3 is 10.2 Å². The first-order valence-corrected chi connectivity index (χ1v) is 21.3. The van der Waals surface area contributed by atoms with Gasteiger partial charge >= 0.3 is 12.2 Å². The highest BCUT2D eigenvalue weighted by molar-refractivity contribution is 4.69. The van der Waals surface area contributed by atoms with Crippen LogP contribution in [-0.4, -0.2) is 22.4 Å². The molecule has 2 unspecified atom stereocenters. The standard InChI is InChI=1S/C42H82F4O2/c1-3-5-7-9-23-27-31-35-39(41(43,44)47)37-33-29-25-21-19-17-15-13-11-12-14-16-18-20-22-26-30-34-38-40(42(45,46)48)36-32-28-24-10-8-6-4-2/h39-40,47-48H,3-38H2,1-2H3. The number of unbranched alkanes of at least 4 members (excludes halogenated alkanes) is 29. The highest BCUT2D eigenvalue weighted by Gasteiger charge is 2.36. The van der Waals surface area contributed by atoms with E-state index in [1.807, 2.05) is 0 Å². The van der Waals surface area contributed by atoms with E-state index >= 15 is 0 Å². The molecule has 0 saturated carbocycles. The van der Waals surface area contributed by atoms with Crippen molar-refractivity contribution in [3.8, 4) is 0 Å². The highest BCUT2D eigenvalue weighted by atomic mass is 19.3. The molecule has 6 heteroatoms. The van der Waals surface area contributed by atoms with Crippen LogP contribution >= 0.6 is 0 Å². The van der Waals surface area contributed by atoms with Crippen LogP contribution in [0.5, 0.6) is 0 Å². The molecule has 2 N–H and O–H groups in total. The summed E-state index contributed by atoms with van der Waals surface area (Å²) in [6.07, 6.45) is 31.3. The molecule has 0 aliphatic carbocycles. The molecular weight excluding hydrogens is 612 g/mol. The molecule has 0 aliphatic rings. The largest absolute Gasteiger partial charge is 0.356 e. The van der Waals surface area contributed by atoms with Crippen molar-refractivity contribution >= 4 is 0 Å². The van der Waals surface area contributed by atoms with Crippen molar-refractivity contribution in [1.82, 2.24) is 0 Å². The van der Waals surface area contributed by atoms with Gasteiger partial charge in [-0.2, -0.15) is 17.6 Å². The van der Waals surface area contributed by atoms with Gasteiger partial charge in [-0.1, -0.05) is 219 Å². The lowest BCUT2D eigenvalue weighted by Crippen LogP contribution is -2.27. The van der Waals surface area contributed by atoms with E-state index < -0.39 is 24.1 Å². The van der Waals surface area contributed by atoms with Crippen molar-refractivity contribution in [2.24, 2.45) is 11.8 Å². The van der Waals surface area contributed by atoms with Crippen LogP contribution in [0.2, 0.25) is 0 Å². The van der Waals surface area contributed by atoms with Gasteiger partial charge in [-0.15, -0.1) is 0 Å². The predicted molar refractivity (Wildman–Crippen MR) is 199 cm³/mol. The Morgan fingerprint density at radius 3 is 0.583 bits per heavy atom. The maximum atomic E-state index is 13.6. The summed E-state index contributed by atoms with van der Waals surface area (Å²) in [6.45, 7) is 4.39. The quantitative estimate of drug-likeness (QED) is 0.0497. The van der Waals surface area contributed by atoms with Crippen molar-refractivity contribution in [2.75, 3.05) is 0 Å². The summed E-state index contributed by atoms with van der Waals surface area (Å²) in [6, 6.07) is 0. The van der Waals surface area contributed by atoms with E-state index in [-0.39, 0.29) is 0 Å². The SMILES string of the molecule is CCCCCCCCCC(CCCCCCCCCCCCCCCCCCCCC(CCCCCCCCC)C(O)(F)F)C(O)(F)F. The molecule has 0 aliphatic heterocycles. The summed E-state index contributed by atoms with van der Waals surface area (Å²) >= 11 is 0. The van der Waals surface area contributed by atoms with Crippen LogP contribution in [0.25, 0.3) is 0 Å². The van der Waals surface area contributed by atoms with E-state index in [1.165, 1.54) is 128 Å². The number of hydrogen-bond acceptors (Lipinski definition) is 2. The fourth-order valence-corrected chi connectivity index (χ4v) is 7.29. The first kappa shape index (κ1) is 47.6. The van der Waals surface area contributed by atoms with E-state index in [9.17, 15) is 27.8 Å². The zero-order chi connectivity index (χ0) is 35.6. The Balaban J connectivity index is 3.55. The van der Waals surface area contributed by atoms with Crippen molar-refractivity contribution in [1.29, 1.82) is 0 Å². The van der Waals surface area contributed by atoms with Gasteiger partial charge in [0.2, 0.25) is 0 Å². The smallest absolute Gasteiger partial charge is 0.336 e. The van der Waals surface area contributed by atoms with Crippen molar-refractivity contribution in [2.45, 2.75) is 257 Å². The maximum Gasteiger partial charge on any atom is 0.356 e. The number of hydrogen-bond donors (Lipinski definition) is 2. The average Bonchev–Trinajstić information content (AvgIpc) is 3.03. The fourth-order valence-electron chi connectivity index (χ4n) is 7.29. The first-order chi connectivity index (χ1) is 23.1. The number of rotatable bonds is 39. The molecule has 0 radical (unpaired) electrons. The molecule has 0 amide bonds. The van der Waals surface area contributed by atoms with E-state index in [1.54, 1.807) is 0 Å². The zero-order valence-electron chi connectivity index (χ0n) is 32.0. The van der Waals surface area contributed by atoms with Gasteiger partial charge in [-0.25, -0.2) is 0 Å². The molecule has 0 aromatic carbocycles. The molecule has 0 heterocycles. The van der Waals surface area contributed by atoms with E-state index in [4.69, 9.17) is 0 Å². The van der Waals surface area contributed by atoms with Crippen LogP contribution in [0.3, 0.4) is 0 Å². The van der Waals surface area contributed by atoms with Gasteiger partial charge in [-0.3, -0.25) is 0 Å². The zero-order valence-corrected chi connectivity index (χ0v) is 32.0. The van der Waals surface area contributed by atoms with Gasteiger partial charge in [0, 0.05) is 0 Å². The number of aliphatic hydroxyl groups is 2. The van der Waals surface area contributed by atoms with Crippen LogP contribution in [-0.2, 0) is 0 Å². The molecule has 0 aromatic rings. The Labute approximate surface area is 296 Å². The lowest BCUT2D eigenvalue weighted by molar-refractivity contribution is -0.241. The first-order valence-electron chi connectivity index (χ1n) is 21.3. The Hall–Kier alpha value is -0.360. The molecule has 0 saturated heterocycles. The Bertz CT molecular complexity index is 580. The minimum absolute atomic E-state index is 0.439. The highest BCUT2D eigenvalue weighted by Crippen LogP contribution is 2.32. The molecule has 2 nitrogen and oxygen atoms in total. The average molecular weight is 695 g/mol. The second-order valence-corrected chi connectivity index (χ2v) is 15.3. The molecule has 0 bridgehead atoms. The molecular formula is C42H82F4O2. The van der Waals surface area contributed by atoms with Crippen LogP contribution < -0.4 is 0 Å². The van der Waals surface area contributed by atoms with Gasteiger partial charge in [0.1, 0.15) is 0 Å². The number of alkyl halides is 4. The lowest BCUT2D eigenvalue weighted by Gasteiger charge is -2.22. The number of halogens is 4. The third-order valence-corrected chi connectivity index (χ3v) is 10.6. The van der Waals surface area contributed by atoms with Crippen LogP contribution in [0.15, 0.2) is 0 Å². The second kappa shape index (κ2) is 33.8. The maximum absolute atomic E-state index is 13.6. The Morgan fingerprint density at radius 1 is 0.292 bits per heavy atom. The van der Waals surface area contributed by atoms with Gasteiger partial charge in [-0.05, 0) is 25.7 Å². The van der Waals surface area contributed by atoms with E-state index in [0.29, 0.717) is 25.7 Å². The minimum atomic E-state index is -3.53. The fraction of sp³-hybridized carbons (Fsp3) is 1.00. The summed E-state index contributed by atoms with van der Waals surface area (Å²) in [5.74, 6) is -1.75. The third-order valence-electron chi connectivity index (χ3n) is 10.6. The summed E-state index contributed by atoms with van der Waals surface area (Å²) < 4.78 is 54.5. The summed E-state index contributed by atoms with van der Waals surface area (Å²) in [4.78, 5) is 0. The van der Waals surface area contributed by atoms with E-state index in [2.05, 4.69) is 13.8 Å². The summed E-state index contributed by atoms with van der Waals surface area (Å²) in [5.41, 5.74) is 0. The minimum Gasteiger partial charge on any atom is -0.336 e. The van der Waals surface area contributed by atoms with Crippen molar-refractivity contribution in [3.05, 3.63) is 0 Å². The molecule has 2 atom stereocenters. The third kappa shape index (κ3) is 32.8. The monoisotopic (exact) mass is 695 g/mol. The van der Waals surface area contributed by atoms with Gasteiger partial charge in [0.05, 0.1) is 11.8 Å². The summed E-state index contributed by atoms with van der Waals surface area (Å²) in [7, 11) is 0. The van der Waals surface area contributed by atoms with Crippen molar-refractivity contribution < 1.29 is 27.8 Å². The van der Waals surface area contributed by atoms with Crippen LogP contribution in [0.4, 0.5) is 17.6 Å². The van der Waals surface area contributed by atoms with Crippen molar-refractivity contribution in [3.63, 3.8) is 0 Å². The molecule has 0 spiro atoms. The second-order valence-electron chi connectivity index (χ2n) is 15.3. The molecule has 290 valence electrons. The molecule has 0 rings (SSSR count). The molecule has 48 heavy (non-hydrogen) atoms. The van der Waals surface area contributed by atoms with Gasteiger partial charge in [0.25, 0.3) is 0 Å². The molecule has 0 fully saturated rings.